The number of nitrogens with zero attached hydrogens (tertiary/aromatic N) is 1. The molecular weight excluding hydrogens is 202 g/mol. The van der Waals surface area contributed by atoms with Crippen LogP contribution in [0.1, 0.15) is 10.4 Å². The van der Waals surface area contributed by atoms with Gasteiger partial charge in [0, 0.05) is 37.4 Å². The molecule has 86 valence electrons. The van der Waals surface area contributed by atoms with Crippen molar-refractivity contribution >= 4 is 11.5 Å². The van der Waals surface area contributed by atoms with Crippen LogP contribution in [-0.2, 0) is 0 Å². The van der Waals surface area contributed by atoms with Crippen molar-refractivity contribution in [3.63, 3.8) is 0 Å². The van der Waals surface area contributed by atoms with Crippen molar-refractivity contribution in [1.29, 1.82) is 0 Å². The maximum Gasteiger partial charge on any atom is 0.176 e. The standard InChI is InChI=1S/C12H17N3O/c13-11-3-1-2-10(8-11)12(16)9-15-6-4-14-5-7-15/h1-3,8,14H,4-7,9,13H2. The number of anilines is 1. The number of rotatable bonds is 3. The summed E-state index contributed by atoms with van der Waals surface area (Å²) in [5, 5.41) is 3.26. The summed E-state index contributed by atoms with van der Waals surface area (Å²) in [5.41, 5.74) is 7.01. The Morgan fingerprint density at radius 2 is 2.12 bits per heavy atom. The number of hydrogen-bond acceptors (Lipinski definition) is 4. The fourth-order valence-electron chi connectivity index (χ4n) is 1.88. The van der Waals surface area contributed by atoms with E-state index >= 15 is 0 Å². The van der Waals surface area contributed by atoms with E-state index in [9.17, 15) is 4.79 Å². The Bertz CT molecular complexity index is 372. The third-order valence-electron chi connectivity index (χ3n) is 2.79. The molecule has 1 aliphatic rings. The molecule has 1 saturated heterocycles. The fraction of sp³-hybridized carbons (Fsp3) is 0.417. The monoisotopic (exact) mass is 219 g/mol. The van der Waals surface area contributed by atoms with Crippen LogP contribution in [0.15, 0.2) is 24.3 Å². The average molecular weight is 219 g/mol. The van der Waals surface area contributed by atoms with E-state index in [1.165, 1.54) is 0 Å². The van der Waals surface area contributed by atoms with Gasteiger partial charge in [0.15, 0.2) is 5.78 Å². The summed E-state index contributed by atoms with van der Waals surface area (Å²) in [4.78, 5) is 14.1. The molecule has 16 heavy (non-hydrogen) atoms. The molecule has 0 amide bonds. The lowest BCUT2D eigenvalue weighted by Gasteiger charge is -2.26. The molecule has 1 aromatic carbocycles. The molecule has 2 rings (SSSR count). The smallest absolute Gasteiger partial charge is 0.176 e. The molecule has 3 N–H and O–H groups in total. The number of carbonyl (C=O) groups is 1. The Morgan fingerprint density at radius 3 is 2.81 bits per heavy atom. The Labute approximate surface area is 95.4 Å². The summed E-state index contributed by atoms with van der Waals surface area (Å²) in [7, 11) is 0. The summed E-state index contributed by atoms with van der Waals surface area (Å²) >= 11 is 0. The zero-order chi connectivity index (χ0) is 11.4. The molecule has 0 aliphatic carbocycles. The SMILES string of the molecule is Nc1cccc(C(=O)CN2CCNCC2)c1. The first-order chi connectivity index (χ1) is 7.75. The van der Waals surface area contributed by atoms with Gasteiger partial charge < -0.3 is 11.1 Å². The van der Waals surface area contributed by atoms with Crippen LogP contribution in [0, 0.1) is 0 Å². The second kappa shape index (κ2) is 5.09. The van der Waals surface area contributed by atoms with Crippen molar-refractivity contribution in [3.8, 4) is 0 Å². The first kappa shape index (κ1) is 11.1. The number of benzene rings is 1. The van der Waals surface area contributed by atoms with Crippen LogP contribution in [-0.4, -0.2) is 43.4 Å². The number of nitrogens with two attached hydrogens (primary N) is 1. The third kappa shape index (κ3) is 2.81. The lowest BCUT2D eigenvalue weighted by Crippen LogP contribution is -2.45. The normalized spacial score (nSPS) is 17.2. The number of ketones is 1. The maximum atomic E-state index is 11.9. The maximum absolute atomic E-state index is 11.9. The van der Waals surface area contributed by atoms with E-state index in [-0.39, 0.29) is 5.78 Å². The number of hydrogen-bond donors (Lipinski definition) is 2. The van der Waals surface area contributed by atoms with Crippen LogP contribution < -0.4 is 11.1 Å². The van der Waals surface area contributed by atoms with Crippen LogP contribution in [0.5, 0.6) is 0 Å². The zero-order valence-electron chi connectivity index (χ0n) is 9.28. The van der Waals surface area contributed by atoms with Gasteiger partial charge in [0.25, 0.3) is 0 Å². The fourth-order valence-corrected chi connectivity index (χ4v) is 1.88. The highest BCUT2D eigenvalue weighted by molar-refractivity contribution is 5.98. The average Bonchev–Trinajstić information content (AvgIpc) is 2.30. The van der Waals surface area contributed by atoms with Gasteiger partial charge in [0.2, 0.25) is 0 Å². The summed E-state index contributed by atoms with van der Waals surface area (Å²) in [6.45, 7) is 4.29. The van der Waals surface area contributed by atoms with Gasteiger partial charge in [0.05, 0.1) is 6.54 Å². The van der Waals surface area contributed by atoms with Crippen LogP contribution in [0.25, 0.3) is 0 Å². The van der Waals surface area contributed by atoms with Crippen LogP contribution in [0.3, 0.4) is 0 Å². The van der Waals surface area contributed by atoms with E-state index in [1.807, 2.05) is 12.1 Å². The molecule has 1 heterocycles. The minimum Gasteiger partial charge on any atom is -0.399 e. The number of piperazine rings is 1. The molecule has 4 heteroatoms. The summed E-state index contributed by atoms with van der Waals surface area (Å²) in [6, 6.07) is 7.17. The highest BCUT2D eigenvalue weighted by atomic mass is 16.1. The van der Waals surface area contributed by atoms with Gasteiger partial charge in [-0.15, -0.1) is 0 Å². The van der Waals surface area contributed by atoms with Gasteiger partial charge >= 0.3 is 0 Å². The molecule has 0 saturated carbocycles. The van der Waals surface area contributed by atoms with Crippen molar-refractivity contribution in [1.82, 2.24) is 10.2 Å². The third-order valence-corrected chi connectivity index (χ3v) is 2.79. The van der Waals surface area contributed by atoms with Gasteiger partial charge in [-0.25, -0.2) is 0 Å². The largest absolute Gasteiger partial charge is 0.399 e. The molecule has 0 atom stereocenters. The molecule has 1 aliphatic heterocycles. The topological polar surface area (TPSA) is 58.4 Å². The number of nitrogen functional groups attached to an aromatic ring is 1. The Hall–Kier alpha value is -1.39. The molecule has 0 aromatic heterocycles. The van der Waals surface area contributed by atoms with E-state index in [4.69, 9.17) is 5.73 Å². The minimum absolute atomic E-state index is 0.147. The van der Waals surface area contributed by atoms with Gasteiger partial charge in [-0.3, -0.25) is 9.69 Å². The lowest BCUT2D eigenvalue weighted by molar-refractivity contribution is 0.0921. The first-order valence-electron chi connectivity index (χ1n) is 5.57. The van der Waals surface area contributed by atoms with E-state index in [2.05, 4.69) is 10.2 Å². The lowest BCUT2D eigenvalue weighted by atomic mass is 10.1. The molecule has 1 aromatic rings. The summed E-state index contributed by atoms with van der Waals surface area (Å²) in [5.74, 6) is 0.147. The highest BCUT2D eigenvalue weighted by Gasteiger charge is 2.14. The first-order valence-corrected chi connectivity index (χ1v) is 5.57. The van der Waals surface area contributed by atoms with Crippen molar-refractivity contribution in [2.24, 2.45) is 0 Å². The van der Waals surface area contributed by atoms with E-state index in [1.54, 1.807) is 12.1 Å². The number of Topliss-reactive ketones (excluding diaryl/α,β-unsaturated/α-hetero) is 1. The van der Waals surface area contributed by atoms with Gasteiger partial charge in [-0.1, -0.05) is 12.1 Å². The van der Waals surface area contributed by atoms with E-state index in [0.717, 1.165) is 26.2 Å². The second-order valence-electron chi connectivity index (χ2n) is 4.07. The molecule has 4 nitrogen and oxygen atoms in total. The second-order valence-corrected chi connectivity index (χ2v) is 4.07. The van der Waals surface area contributed by atoms with Crippen molar-refractivity contribution in [3.05, 3.63) is 29.8 Å². The number of nitrogens with one attached hydrogen (secondary N) is 1. The van der Waals surface area contributed by atoms with Crippen LogP contribution in [0.4, 0.5) is 5.69 Å². The molecule has 0 unspecified atom stereocenters. The summed E-state index contributed by atoms with van der Waals surface area (Å²) < 4.78 is 0. The molecule has 1 fully saturated rings. The summed E-state index contributed by atoms with van der Waals surface area (Å²) in [6.07, 6.45) is 0. The molecule has 0 bridgehead atoms. The minimum atomic E-state index is 0.147. The Morgan fingerprint density at radius 1 is 1.38 bits per heavy atom. The van der Waals surface area contributed by atoms with Crippen molar-refractivity contribution < 1.29 is 4.79 Å². The Balaban J connectivity index is 1.97. The van der Waals surface area contributed by atoms with E-state index in [0.29, 0.717) is 17.8 Å². The van der Waals surface area contributed by atoms with Gasteiger partial charge in [-0.2, -0.15) is 0 Å². The van der Waals surface area contributed by atoms with E-state index < -0.39 is 0 Å². The molecular formula is C12H17N3O. The van der Waals surface area contributed by atoms with Crippen LogP contribution >= 0.6 is 0 Å². The van der Waals surface area contributed by atoms with Crippen molar-refractivity contribution in [2.45, 2.75) is 0 Å². The quantitative estimate of drug-likeness (QED) is 0.569. The zero-order valence-corrected chi connectivity index (χ0v) is 9.28. The number of carbonyl (C=O) groups excluding carboxylic acids is 1. The van der Waals surface area contributed by atoms with Gasteiger partial charge in [-0.05, 0) is 12.1 Å². The molecule has 0 radical (unpaired) electrons. The highest BCUT2D eigenvalue weighted by Crippen LogP contribution is 2.08. The predicted octanol–water partition coefficient (Wildman–Crippen LogP) is 0.357. The molecule has 0 spiro atoms. The van der Waals surface area contributed by atoms with Crippen LogP contribution in [0.2, 0.25) is 0 Å². The Kier molecular flexibility index (Phi) is 3.54. The predicted molar refractivity (Wildman–Crippen MR) is 64.5 cm³/mol. The van der Waals surface area contributed by atoms with Gasteiger partial charge in [0.1, 0.15) is 0 Å². The van der Waals surface area contributed by atoms with Crippen molar-refractivity contribution in [2.75, 3.05) is 38.5 Å².